The van der Waals surface area contributed by atoms with Gasteiger partial charge in [0.1, 0.15) is 11.4 Å². The number of carbonyl (C=O) groups excluding carboxylic acids is 1. The Morgan fingerprint density at radius 2 is 1.71 bits per heavy atom. The molecule has 0 spiro atoms. The van der Waals surface area contributed by atoms with Crippen LogP contribution < -0.4 is 4.90 Å². The average molecular weight is 376 g/mol. The van der Waals surface area contributed by atoms with Gasteiger partial charge < -0.3 is 9.80 Å². The van der Waals surface area contributed by atoms with Crippen LogP contribution in [0, 0.1) is 17.0 Å². The van der Waals surface area contributed by atoms with Crippen LogP contribution in [0.15, 0.2) is 54.6 Å². The zero-order valence-electron chi connectivity index (χ0n) is 15.5. The van der Waals surface area contributed by atoms with Gasteiger partial charge >= 0.3 is 0 Å². The monoisotopic (exact) mass is 376 g/mol. The van der Waals surface area contributed by atoms with Crippen LogP contribution in [0.3, 0.4) is 0 Å². The van der Waals surface area contributed by atoms with Crippen LogP contribution in [0.1, 0.15) is 15.9 Å². The summed E-state index contributed by atoms with van der Waals surface area (Å²) in [4.78, 5) is 32.1. The van der Waals surface area contributed by atoms with E-state index in [0.717, 1.165) is 16.7 Å². The Bertz CT molecular complexity index is 1060. The number of aryl methyl sites for hydroxylation is 1. The molecule has 0 radical (unpaired) electrons. The molecule has 0 N–H and O–H groups in total. The predicted molar refractivity (Wildman–Crippen MR) is 108 cm³/mol. The van der Waals surface area contributed by atoms with E-state index < -0.39 is 4.92 Å². The maximum absolute atomic E-state index is 12.8. The van der Waals surface area contributed by atoms with Crippen molar-refractivity contribution in [2.75, 3.05) is 31.1 Å². The zero-order chi connectivity index (χ0) is 19.7. The molecular weight excluding hydrogens is 356 g/mol. The van der Waals surface area contributed by atoms with Crippen LogP contribution in [0.4, 0.5) is 11.5 Å². The molecule has 0 atom stereocenters. The standard InChI is InChI=1S/C21H20N4O3/c1-15-14-20(22-18-8-4-2-6-16(15)18)23-10-12-24(13-11-23)21(26)17-7-3-5-9-19(17)25(27)28/h2-9,14H,10-13H2,1H3. The number of nitrogens with zero attached hydrogens (tertiary/aromatic N) is 4. The second-order valence-electron chi connectivity index (χ2n) is 6.87. The smallest absolute Gasteiger partial charge is 0.282 e. The van der Waals surface area contributed by atoms with Gasteiger partial charge in [0.15, 0.2) is 0 Å². The van der Waals surface area contributed by atoms with Gasteiger partial charge in [-0.3, -0.25) is 14.9 Å². The number of fused-ring (bicyclic) bond motifs is 1. The first kappa shape index (κ1) is 17.9. The molecule has 1 aliphatic rings. The second kappa shape index (κ2) is 7.26. The lowest BCUT2D eigenvalue weighted by Gasteiger charge is -2.35. The van der Waals surface area contributed by atoms with Crippen molar-refractivity contribution in [2.45, 2.75) is 6.92 Å². The number of nitro benzene ring substituents is 1. The Kier molecular flexibility index (Phi) is 4.65. The molecule has 1 amide bonds. The number of aromatic nitrogens is 1. The molecule has 0 saturated carbocycles. The van der Waals surface area contributed by atoms with Crippen molar-refractivity contribution in [3.63, 3.8) is 0 Å². The lowest BCUT2D eigenvalue weighted by atomic mass is 10.1. The second-order valence-corrected chi connectivity index (χ2v) is 6.87. The normalized spacial score (nSPS) is 14.3. The van der Waals surface area contributed by atoms with Crippen molar-refractivity contribution in [1.82, 2.24) is 9.88 Å². The molecule has 28 heavy (non-hydrogen) atoms. The number of hydrogen-bond acceptors (Lipinski definition) is 5. The van der Waals surface area contributed by atoms with E-state index in [0.29, 0.717) is 26.2 Å². The SMILES string of the molecule is Cc1cc(N2CCN(C(=O)c3ccccc3[N+](=O)[O-])CC2)nc2ccccc12. The third kappa shape index (κ3) is 3.26. The van der Waals surface area contributed by atoms with E-state index in [2.05, 4.69) is 24.0 Å². The lowest BCUT2D eigenvalue weighted by Crippen LogP contribution is -2.49. The summed E-state index contributed by atoms with van der Waals surface area (Å²) in [6.45, 7) is 4.34. The molecular formula is C21H20N4O3. The number of amides is 1. The topological polar surface area (TPSA) is 79.6 Å². The molecule has 1 fully saturated rings. The fraction of sp³-hybridized carbons (Fsp3) is 0.238. The number of rotatable bonds is 3. The van der Waals surface area contributed by atoms with E-state index >= 15 is 0 Å². The first-order valence-electron chi connectivity index (χ1n) is 9.18. The number of nitro groups is 1. The third-order valence-electron chi connectivity index (χ3n) is 5.13. The molecule has 7 heteroatoms. The first-order chi connectivity index (χ1) is 13.5. The number of hydrogen-bond donors (Lipinski definition) is 0. The summed E-state index contributed by atoms with van der Waals surface area (Å²) in [5, 5.41) is 12.3. The number of carbonyl (C=O) groups is 1. The van der Waals surface area contributed by atoms with E-state index in [-0.39, 0.29) is 17.2 Å². The summed E-state index contributed by atoms with van der Waals surface area (Å²) in [6.07, 6.45) is 0. The summed E-state index contributed by atoms with van der Waals surface area (Å²) >= 11 is 0. The van der Waals surface area contributed by atoms with Gasteiger partial charge in [-0.25, -0.2) is 4.98 Å². The first-order valence-corrected chi connectivity index (χ1v) is 9.18. The van der Waals surface area contributed by atoms with Crippen molar-refractivity contribution in [2.24, 2.45) is 0 Å². The van der Waals surface area contributed by atoms with E-state index in [4.69, 9.17) is 4.98 Å². The molecule has 1 saturated heterocycles. The summed E-state index contributed by atoms with van der Waals surface area (Å²) in [5.41, 5.74) is 2.11. The molecule has 2 heterocycles. The quantitative estimate of drug-likeness (QED) is 0.517. The minimum Gasteiger partial charge on any atom is -0.353 e. The zero-order valence-corrected chi connectivity index (χ0v) is 15.5. The van der Waals surface area contributed by atoms with Crippen LogP contribution >= 0.6 is 0 Å². The van der Waals surface area contributed by atoms with Gasteiger partial charge in [-0.2, -0.15) is 0 Å². The van der Waals surface area contributed by atoms with Gasteiger partial charge in [0.2, 0.25) is 0 Å². The van der Waals surface area contributed by atoms with Crippen molar-refractivity contribution in [3.05, 3.63) is 75.8 Å². The molecule has 4 rings (SSSR count). The minimum absolute atomic E-state index is 0.139. The molecule has 0 bridgehead atoms. The summed E-state index contributed by atoms with van der Waals surface area (Å²) < 4.78 is 0. The van der Waals surface area contributed by atoms with Crippen LogP contribution in [0.5, 0.6) is 0 Å². The van der Waals surface area contributed by atoms with Gasteiger partial charge in [0, 0.05) is 37.6 Å². The maximum atomic E-state index is 12.8. The number of benzene rings is 2. The number of piperazine rings is 1. The maximum Gasteiger partial charge on any atom is 0.282 e. The van der Waals surface area contributed by atoms with Crippen molar-refractivity contribution in [1.29, 1.82) is 0 Å². The van der Waals surface area contributed by atoms with Crippen LogP contribution in [-0.2, 0) is 0 Å². The van der Waals surface area contributed by atoms with Crippen LogP contribution in [-0.4, -0.2) is 46.9 Å². The van der Waals surface area contributed by atoms with E-state index in [1.165, 1.54) is 17.7 Å². The fourth-order valence-corrected chi connectivity index (χ4v) is 3.62. The van der Waals surface area contributed by atoms with E-state index in [1.54, 1.807) is 17.0 Å². The van der Waals surface area contributed by atoms with Crippen molar-refractivity contribution in [3.8, 4) is 0 Å². The summed E-state index contributed by atoms with van der Waals surface area (Å²) in [5.74, 6) is 0.601. The van der Waals surface area contributed by atoms with Gasteiger partial charge in [-0.15, -0.1) is 0 Å². The average Bonchev–Trinajstić information content (AvgIpc) is 2.73. The summed E-state index contributed by atoms with van der Waals surface area (Å²) in [6, 6.07) is 16.2. The Morgan fingerprint density at radius 3 is 2.46 bits per heavy atom. The predicted octanol–water partition coefficient (Wildman–Crippen LogP) is 3.41. The number of anilines is 1. The van der Waals surface area contributed by atoms with E-state index in [1.807, 2.05) is 18.2 Å². The number of para-hydroxylation sites is 2. The van der Waals surface area contributed by atoms with E-state index in [9.17, 15) is 14.9 Å². The highest BCUT2D eigenvalue weighted by Crippen LogP contribution is 2.24. The highest BCUT2D eigenvalue weighted by molar-refractivity contribution is 5.98. The Hall–Kier alpha value is -3.48. The van der Waals surface area contributed by atoms with Crippen molar-refractivity contribution >= 4 is 28.3 Å². The highest BCUT2D eigenvalue weighted by atomic mass is 16.6. The Morgan fingerprint density at radius 1 is 1.04 bits per heavy atom. The van der Waals surface area contributed by atoms with Gasteiger partial charge in [-0.1, -0.05) is 30.3 Å². The molecule has 3 aromatic rings. The molecule has 0 aliphatic carbocycles. The van der Waals surface area contributed by atoms with Gasteiger partial charge in [0.25, 0.3) is 11.6 Å². The van der Waals surface area contributed by atoms with Gasteiger partial charge in [0.05, 0.1) is 10.4 Å². The lowest BCUT2D eigenvalue weighted by molar-refractivity contribution is -0.385. The largest absolute Gasteiger partial charge is 0.353 e. The molecule has 142 valence electrons. The Labute approximate surface area is 162 Å². The fourth-order valence-electron chi connectivity index (χ4n) is 3.62. The molecule has 7 nitrogen and oxygen atoms in total. The summed E-state index contributed by atoms with van der Waals surface area (Å²) in [7, 11) is 0. The van der Waals surface area contributed by atoms with Gasteiger partial charge in [-0.05, 0) is 30.7 Å². The molecule has 1 aromatic heterocycles. The van der Waals surface area contributed by atoms with Crippen molar-refractivity contribution < 1.29 is 9.72 Å². The third-order valence-corrected chi connectivity index (χ3v) is 5.13. The molecule has 0 unspecified atom stereocenters. The highest BCUT2D eigenvalue weighted by Gasteiger charge is 2.27. The molecule has 2 aromatic carbocycles. The number of pyridine rings is 1. The van der Waals surface area contributed by atoms with Crippen LogP contribution in [0.2, 0.25) is 0 Å². The molecule has 1 aliphatic heterocycles. The minimum atomic E-state index is -0.509. The Balaban J connectivity index is 1.51. The van der Waals surface area contributed by atoms with Crippen LogP contribution in [0.25, 0.3) is 10.9 Å².